The molecule has 0 bridgehead atoms. The summed E-state index contributed by atoms with van der Waals surface area (Å²) in [5, 5.41) is 15.6. The van der Waals surface area contributed by atoms with Crippen molar-refractivity contribution >= 4 is 35.4 Å². The predicted octanol–water partition coefficient (Wildman–Crippen LogP) is 2.94. The number of nitrogens with zero attached hydrogens (tertiary/aromatic N) is 3. The van der Waals surface area contributed by atoms with Crippen LogP contribution in [0.5, 0.6) is 0 Å². The van der Waals surface area contributed by atoms with Gasteiger partial charge in [-0.15, -0.1) is 11.8 Å². The first-order valence-electron chi connectivity index (χ1n) is 7.77. The third-order valence-electron chi connectivity index (χ3n) is 3.52. The van der Waals surface area contributed by atoms with Gasteiger partial charge in [-0.2, -0.15) is 21.9 Å². The lowest BCUT2D eigenvalue weighted by atomic mass is 9.96. The van der Waals surface area contributed by atoms with Crippen molar-refractivity contribution in [3.05, 3.63) is 5.69 Å². The zero-order chi connectivity index (χ0) is 19.7. The summed E-state index contributed by atoms with van der Waals surface area (Å²) in [5.41, 5.74) is 0.985. The highest BCUT2D eigenvalue weighted by Crippen LogP contribution is 2.33. The fourth-order valence-electron chi connectivity index (χ4n) is 2.37. The van der Waals surface area contributed by atoms with Crippen molar-refractivity contribution in [1.29, 1.82) is 0 Å². The average molecular weight is 415 g/mol. The van der Waals surface area contributed by atoms with Crippen LogP contribution in [0.3, 0.4) is 0 Å². The van der Waals surface area contributed by atoms with Gasteiger partial charge in [0.05, 0.1) is 17.4 Å². The van der Waals surface area contributed by atoms with Crippen LogP contribution in [0.2, 0.25) is 0 Å². The molecule has 0 saturated carbocycles. The van der Waals surface area contributed by atoms with Gasteiger partial charge >= 0.3 is 18.1 Å². The SMILES string of the molecule is CN1CCCC(c2nsnc2SCCCC(F)(F)F)C1.O=C(O)C(=O)O. The van der Waals surface area contributed by atoms with Crippen molar-refractivity contribution in [3.63, 3.8) is 0 Å². The number of piperidine rings is 1. The van der Waals surface area contributed by atoms with E-state index < -0.39 is 24.5 Å². The van der Waals surface area contributed by atoms with Crippen LogP contribution in [0.4, 0.5) is 13.2 Å². The van der Waals surface area contributed by atoms with E-state index in [4.69, 9.17) is 19.8 Å². The van der Waals surface area contributed by atoms with Gasteiger partial charge in [-0.05, 0) is 38.6 Å². The number of halogens is 3. The number of likely N-dealkylation sites (tertiary alicyclic amines) is 1. The first kappa shape index (κ1) is 22.6. The second-order valence-corrected chi connectivity index (χ2v) is 7.35. The van der Waals surface area contributed by atoms with E-state index in [0.29, 0.717) is 11.7 Å². The van der Waals surface area contributed by atoms with Gasteiger partial charge in [0.2, 0.25) is 0 Å². The molecule has 2 rings (SSSR count). The molecule has 0 spiro atoms. The molecule has 7 nitrogen and oxygen atoms in total. The third-order valence-corrected chi connectivity index (χ3v) is 5.24. The van der Waals surface area contributed by atoms with E-state index in [0.717, 1.165) is 48.4 Å². The number of aromatic nitrogens is 2. The molecule has 2 N–H and O–H groups in total. The Morgan fingerprint density at radius 3 is 2.50 bits per heavy atom. The number of carboxylic acid groups (broad SMARTS) is 2. The van der Waals surface area contributed by atoms with E-state index in [2.05, 4.69) is 20.7 Å². The van der Waals surface area contributed by atoms with Crippen LogP contribution in [-0.4, -0.2) is 67.9 Å². The fraction of sp³-hybridized carbons (Fsp3) is 0.714. The van der Waals surface area contributed by atoms with Crippen molar-refractivity contribution in [2.75, 3.05) is 25.9 Å². The molecule has 148 valence electrons. The van der Waals surface area contributed by atoms with Gasteiger partial charge in [-0.3, -0.25) is 0 Å². The van der Waals surface area contributed by atoms with Gasteiger partial charge in [0, 0.05) is 18.9 Å². The molecule has 12 heteroatoms. The lowest BCUT2D eigenvalue weighted by Crippen LogP contribution is -2.31. The second kappa shape index (κ2) is 10.7. The molecule has 0 amide bonds. The Hall–Kier alpha value is -1.40. The number of thioether (sulfide) groups is 1. The van der Waals surface area contributed by atoms with Crippen LogP contribution in [0, 0.1) is 0 Å². The summed E-state index contributed by atoms with van der Waals surface area (Å²) in [5.74, 6) is -2.83. The van der Waals surface area contributed by atoms with Crippen LogP contribution < -0.4 is 0 Å². The first-order chi connectivity index (χ1) is 12.1. The molecule has 1 saturated heterocycles. The minimum atomic E-state index is -4.06. The van der Waals surface area contributed by atoms with Crippen molar-refractivity contribution in [2.24, 2.45) is 0 Å². The molecule has 1 aliphatic rings. The van der Waals surface area contributed by atoms with Crippen LogP contribution in [0.25, 0.3) is 0 Å². The van der Waals surface area contributed by atoms with Gasteiger partial charge in [0.25, 0.3) is 0 Å². The Balaban J connectivity index is 0.000000487. The van der Waals surface area contributed by atoms with E-state index in [1.807, 2.05) is 0 Å². The molecule has 0 aromatic carbocycles. The van der Waals surface area contributed by atoms with Gasteiger partial charge < -0.3 is 15.1 Å². The van der Waals surface area contributed by atoms with E-state index in [9.17, 15) is 13.2 Å². The molecule has 2 heterocycles. The van der Waals surface area contributed by atoms with Crippen molar-refractivity contribution < 1.29 is 33.0 Å². The normalized spacial score (nSPS) is 18.1. The number of alkyl halides is 3. The maximum absolute atomic E-state index is 12.1. The molecular formula is C14H20F3N3O4S2. The van der Waals surface area contributed by atoms with E-state index in [1.165, 1.54) is 11.8 Å². The van der Waals surface area contributed by atoms with E-state index in [1.54, 1.807) is 0 Å². The third kappa shape index (κ3) is 8.81. The van der Waals surface area contributed by atoms with E-state index in [-0.39, 0.29) is 6.42 Å². The topological polar surface area (TPSA) is 104 Å². The average Bonchev–Trinajstić information content (AvgIpc) is 2.99. The highest BCUT2D eigenvalue weighted by molar-refractivity contribution is 7.99. The van der Waals surface area contributed by atoms with Crippen LogP contribution in [-0.2, 0) is 9.59 Å². The number of rotatable bonds is 5. The molecule has 1 unspecified atom stereocenters. The quantitative estimate of drug-likeness (QED) is 0.430. The van der Waals surface area contributed by atoms with Crippen molar-refractivity contribution in [2.45, 2.75) is 42.8 Å². The summed E-state index contributed by atoms with van der Waals surface area (Å²) < 4.78 is 44.9. The maximum atomic E-state index is 12.1. The minimum absolute atomic E-state index is 0.135. The molecule has 26 heavy (non-hydrogen) atoms. The fourth-order valence-corrected chi connectivity index (χ4v) is 4.11. The molecule has 1 atom stereocenters. The summed E-state index contributed by atoms with van der Waals surface area (Å²) in [6.07, 6.45) is -2.42. The number of hydrogen-bond acceptors (Lipinski definition) is 7. The van der Waals surface area contributed by atoms with E-state index >= 15 is 0 Å². The Morgan fingerprint density at radius 1 is 1.31 bits per heavy atom. The maximum Gasteiger partial charge on any atom is 0.414 e. The molecule has 1 aliphatic heterocycles. The van der Waals surface area contributed by atoms with Gasteiger partial charge in [-0.1, -0.05) is 0 Å². The molecule has 1 aromatic heterocycles. The zero-order valence-corrected chi connectivity index (χ0v) is 15.7. The van der Waals surface area contributed by atoms with Crippen molar-refractivity contribution in [3.8, 4) is 0 Å². The Bertz CT molecular complexity index is 586. The zero-order valence-electron chi connectivity index (χ0n) is 14.0. The summed E-state index contributed by atoms with van der Waals surface area (Å²) in [6.45, 7) is 2.06. The summed E-state index contributed by atoms with van der Waals surface area (Å²) in [7, 11) is 2.09. The van der Waals surface area contributed by atoms with Gasteiger partial charge in [-0.25, -0.2) is 9.59 Å². The summed E-state index contributed by atoms with van der Waals surface area (Å²) >= 11 is 2.57. The molecule has 1 fully saturated rings. The Morgan fingerprint density at radius 2 is 1.96 bits per heavy atom. The monoisotopic (exact) mass is 415 g/mol. The van der Waals surface area contributed by atoms with Crippen LogP contribution >= 0.6 is 23.5 Å². The number of carbonyl (C=O) groups is 2. The summed E-state index contributed by atoms with van der Waals surface area (Å²) in [6, 6.07) is 0. The Labute approximate surface area is 156 Å². The highest BCUT2D eigenvalue weighted by Gasteiger charge is 2.27. The standard InChI is InChI=1S/C12H18F3N3S2.C2H2O4/c1-18-6-2-4-9(8-18)10-11(17-20-16-10)19-7-3-5-12(13,14)15;3-1(4)2(5)6/h9H,2-8H2,1H3;(H,3,4)(H,5,6). The number of likely N-dealkylation sites (N-methyl/N-ethyl adjacent to an activating group) is 1. The molecule has 1 aromatic rings. The molecular weight excluding hydrogens is 395 g/mol. The number of aliphatic carboxylic acids is 2. The predicted molar refractivity (Wildman–Crippen MR) is 90.7 cm³/mol. The first-order valence-corrected chi connectivity index (χ1v) is 9.48. The summed E-state index contributed by atoms with van der Waals surface area (Å²) in [4.78, 5) is 20.5. The second-order valence-electron chi connectivity index (χ2n) is 5.73. The lowest BCUT2D eigenvalue weighted by Gasteiger charge is -2.28. The van der Waals surface area contributed by atoms with Gasteiger partial charge in [0.1, 0.15) is 5.03 Å². The largest absolute Gasteiger partial charge is 0.473 e. The minimum Gasteiger partial charge on any atom is -0.473 e. The highest BCUT2D eigenvalue weighted by atomic mass is 32.2. The molecule has 0 radical (unpaired) electrons. The van der Waals surface area contributed by atoms with Crippen LogP contribution in [0.15, 0.2) is 5.03 Å². The lowest BCUT2D eigenvalue weighted by molar-refractivity contribution is -0.159. The number of carboxylic acids is 2. The number of hydrogen-bond donors (Lipinski definition) is 2. The smallest absolute Gasteiger partial charge is 0.414 e. The van der Waals surface area contributed by atoms with Gasteiger partial charge in [0.15, 0.2) is 0 Å². The Kier molecular flexibility index (Phi) is 9.30. The van der Waals surface area contributed by atoms with Crippen LogP contribution in [0.1, 0.15) is 37.3 Å². The molecule has 0 aliphatic carbocycles. The van der Waals surface area contributed by atoms with Crippen molar-refractivity contribution in [1.82, 2.24) is 13.6 Å².